The van der Waals surface area contributed by atoms with Crippen LogP contribution in [0.2, 0.25) is 0 Å². The zero-order chi connectivity index (χ0) is 12.3. The summed E-state index contributed by atoms with van der Waals surface area (Å²) in [4.78, 5) is 11.1. The zero-order valence-electron chi connectivity index (χ0n) is 10.6. The van der Waals surface area contributed by atoms with E-state index in [2.05, 4.69) is 18.9 Å². The molecule has 1 aromatic rings. The molecule has 4 nitrogen and oxygen atoms in total. The van der Waals surface area contributed by atoms with Gasteiger partial charge in [0, 0.05) is 18.7 Å². The summed E-state index contributed by atoms with van der Waals surface area (Å²) in [5, 5.41) is 4.61. The van der Waals surface area contributed by atoms with Crippen molar-refractivity contribution in [3.05, 3.63) is 17.5 Å². The Kier molecular flexibility index (Phi) is 3.94. The molecule has 1 aromatic heterocycles. The Hall–Kier alpha value is -1.16. The Morgan fingerprint density at radius 3 is 2.88 bits per heavy atom. The fraction of sp³-hybridized carbons (Fsp3) is 0.692. The Balaban J connectivity index is 2.28. The number of carbonyl (C=O) groups is 1. The molecular weight excluding hydrogens is 216 g/mol. The number of carbonyl (C=O) groups excluding carboxylic acids is 1. The third-order valence-electron chi connectivity index (χ3n) is 3.55. The highest BCUT2D eigenvalue weighted by Crippen LogP contribution is 2.27. The summed E-state index contributed by atoms with van der Waals surface area (Å²) in [5.41, 5.74) is 1.65. The van der Waals surface area contributed by atoms with Crippen molar-refractivity contribution in [3.63, 3.8) is 0 Å². The maximum Gasteiger partial charge on any atom is 0.153 e. The van der Waals surface area contributed by atoms with Crippen LogP contribution in [-0.4, -0.2) is 29.3 Å². The van der Waals surface area contributed by atoms with Gasteiger partial charge in [-0.2, -0.15) is 5.10 Å². The molecule has 0 radical (unpaired) electrons. The summed E-state index contributed by atoms with van der Waals surface area (Å²) in [6, 6.07) is 0.393. The standard InChI is InChI=1S/C13H20N2O2/c1-3-12(4-2)15-7-11(8-16)13(14-15)10-5-6-17-9-10/h7-8,10,12H,3-6,9H2,1-2H3. The van der Waals surface area contributed by atoms with Crippen molar-refractivity contribution < 1.29 is 9.53 Å². The van der Waals surface area contributed by atoms with Crippen molar-refractivity contribution in [3.8, 4) is 0 Å². The van der Waals surface area contributed by atoms with E-state index in [0.29, 0.717) is 18.6 Å². The van der Waals surface area contributed by atoms with Crippen LogP contribution in [0.4, 0.5) is 0 Å². The van der Waals surface area contributed by atoms with Crippen LogP contribution in [0.15, 0.2) is 6.20 Å². The molecule has 2 rings (SSSR count). The second-order valence-electron chi connectivity index (χ2n) is 4.60. The number of aldehydes is 1. The molecule has 0 N–H and O–H groups in total. The lowest BCUT2D eigenvalue weighted by Gasteiger charge is -2.12. The Labute approximate surface area is 102 Å². The van der Waals surface area contributed by atoms with Gasteiger partial charge >= 0.3 is 0 Å². The fourth-order valence-corrected chi connectivity index (χ4v) is 2.43. The van der Waals surface area contributed by atoms with Crippen LogP contribution in [0, 0.1) is 0 Å². The summed E-state index contributed by atoms with van der Waals surface area (Å²) >= 11 is 0. The number of hydrogen-bond donors (Lipinski definition) is 0. The van der Waals surface area contributed by atoms with Crippen molar-refractivity contribution in [2.45, 2.75) is 45.1 Å². The van der Waals surface area contributed by atoms with Gasteiger partial charge in [0.05, 0.1) is 23.9 Å². The van der Waals surface area contributed by atoms with Crippen LogP contribution in [0.5, 0.6) is 0 Å². The molecular formula is C13H20N2O2. The summed E-state index contributed by atoms with van der Waals surface area (Å²) in [6.45, 7) is 5.77. The molecule has 17 heavy (non-hydrogen) atoms. The summed E-state index contributed by atoms with van der Waals surface area (Å²) in [5.74, 6) is 0.297. The monoisotopic (exact) mass is 236 g/mol. The molecule has 0 aromatic carbocycles. The average molecular weight is 236 g/mol. The van der Waals surface area contributed by atoms with E-state index in [-0.39, 0.29) is 0 Å². The van der Waals surface area contributed by atoms with Gasteiger partial charge in [0.2, 0.25) is 0 Å². The largest absolute Gasteiger partial charge is 0.381 e. The number of hydrogen-bond acceptors (Lipinski definition) is 3. The van der Waals surface area contributed by atoms with Gasteiger partial charge in [-0.25, -0.2) is 0 Å². The molecule has 0 spiro atoms. The SMILES string of the molecule is CCC(CC)n1cc(C=O)c(C2CCOC2)n1. The second-order valence-corrected chi connectivity index (χ2v) is 4.60. The third kappa shape index (κ3) is 2.41. The van der Waals surface area contributed by atoms with Gasteiger partial charge < -0.3 is 4.74 Å². The lowest BCUT2D eigenvalue weighted by Crippen LogP contribution is -2.09. The predicted octanol–water partition coefficient (Wildman–Crippen LogP) is 2.56. The molecule has 0 bridgehead atoms. The van der Waals surface area contributed by atoms with E-state index in [1.54, 1.807) is 0 Å². The molecule has 4 heteroatoms. The van der Waals surface area contributed by atoms with E-state index < -0.39 is 0 Å². The van der Waals surface area contributed by atoms with E-state index in [1.807, 2.05) is 10.9 Å². The van der Waals surface area contributed by atoms with Crippen LogP contribution >= 0.6 is 0 Å². The van der Waals surface area contributed by atoms with Gasteiger partial charge in [-0.1, -0.05) is 13.8 Å². The quantitative estimate of drug-likeness (QED) is 0.738. The Morgan fingerprint density at radius 1 is 1.59 bits per heavy atom. The van der Waals surface area contributed by atoms with Gasteiger partial charge in [-0.05, 0) is 19.3 Å². The smallest absolute Gasteiger partial charge is 0.153 e. The Morgan fingerprint density at radius 2 is 2.35 bits per heavy atom. The van der Waals surface area contributed by atoms with Crippen molar-refractivity contribution in [2.24, 2.45) is 0 Å². The maximum atomic E-state index is 11.1. The van der Waals surface area contributed by atoms with Crippen molar-refractivity contribution in [2.75, 3.05) is 13.2 Å². The van der Waals surface area contributed by atoms with Crippen molar-refractivity contribution >= 4 is 6.29 Å². The minimum atomic E-state index is 0.297. The van der Waals surface area contributed by atoms with E-state index in [0.717, 1.165) is 43.4 Å². The first-order valence-electron chi connectivity index (χ1n) is 6.42. The third-order valence-corrected chi connectivity index (χ3v) is 3.55. The predicted molar refractivity (Wildman–Crippen MR) is 65.4 cm³/mol. The van der Waals surface area contributed by atoms with Gasteiger partial charge in [0.25, 0.3) is 0 Å². The summed E-state index contributed by atoms with van der Waals surface area (Å²) in [6.07, 6.45) is 5.85. The van der Waals surface area contributed by atoms with Gasteiger partial charge in [0.15, 0.2) is 6.29 Å². The van der Waals surface area contributed by atoms with Crippen LogP contribution in [0.1, 0.15) is 61.1 Å². The van der Waals surface area contributed by atoms with E-state index in [9.17, 15) is 4.79 Å². The first kappa shape index (κ1) is 12.3. The molecule has 1 fully saturated rings. The van der Waals surface area contributed by atoms with Crippen LogP contribution in [-0.2, 0) is 4.74 Å². The molecule has 1 aliphatic heterocycles. The van der Waals surface area contributed by atoms with E-state index in [1.165, 1.54) is 0 Å². The highest BCUT2D eigenvalue weighted by molar-refractivity contribution is 5.76. The summed E-state index contributed by atoms with van der Waals surface area (Å²) in [7, 11) is 0. The minimum absolute atomic E-state index is 0.297. The average Bonchev–Trinajstić information content (AvgIpc) is 2.98. The molecule has 0 amide bonds. The molecule has 1 atom stereocenters. The molecule has 1 saturated heterocycles. The van der Waals surface area contributed by atoms with E-state index in [4.69, 9.17) is 4.74 Å². The van der Waals surface area contributed by atoms with Crippen molar-refractivity contribution in [1.82, 2.24) is 9.78 Å². The van der Waals surface area contributed by atoms with Crippen LogP contribution < -0.4 is 0 Å². The lowest BCUT2D eigenvalue weighted by atomic mass is 10.0. The molecule has 1 aliphatic rings. The summed E-state index contributed by atoms with van der Waals surface area (Å²) < 4.78 is 7.32. The number of aromatic nitrogens is 2. The van der Waals surface area contributed by atoms with Crippen LogP contribution in [0.3, 0.4) is 0 Å². The van der Waals surface area contributed by atoms with E-state index >= 15 is 0 Å². The molecule has 2 heterocycles. The maximum absolute atomic E-state index is 11.1. The van der Waals surface area contributed by atoms with Crippen molar-refractivity contribution in [1.29, 1.82) is 0 Å². The second kappa shape index (κ2) is 5.45. The first-order valence-corrected chi connectivity index (χ1v) is 6.42. The molecule has 94 valence electrons. The Bertz CT molecular complexity index is 377. The highest BCUT2D eigenvalue weighted by Gasteiger charge is 2.24. The lowest BCUT2D eigenvalue weighted by molar-refractivity contribution is 0.112. The van der Waals surface area contributed by atoms with Gasteiger partial charge in [0.1, 0.15) is 0 Å². The fourth-order valence-electron chi connectivity index (χ4n) is 2.43. The number of rotatable bonds is 5. The minimum Gasteiger partial charge on any atom is -0.381 e. The first-order chi connectivity index (χ1) is 8.30. The number of nitrogens with zero attached hydrogens (tertiary/aromatic N) is 2. The highest BCUT2D eigenvalue weighted by atomic mass is 16.5. The van der Waals surface area contributed by atoms with Crippen LogP contribution in [0.25, 0.3) is 0 Å². The molecule has 0 saturated carbocycles. The normalized spacial score (nSPS) is 20.1. The zero-order valence-corrected chi connectivity index (χ0v) is 10.6. The molecule has 1 unspecified atom stereocenters. The van der Waals surface area contributed by atoms with Gasteiger partial charge in [-0.15, -0.1) is 0 Å². The number of ether oxygens (including phenoxy) is 1. The molecule has 0 aliphatic carbocycles. The van der Waals surface area contributed by atoms with Gasteiger partial charge in [-0.3, -0.25) is 9.48 Å². The topological polar surface area (TPSA) is 44.1 Å².